The highest BCUT2D eigenvalue weighted by molar-refractivity contribution is 5.64. The first-order valence-corrected chi connectivity index (χ1v) is 10.5. The molecule has 9 heteroatoms. The Hall–Kier alpha value is -2.39. The van der Waals surface area contributed by atoms with Gasteiger partial charge in [0.1, 0.15) is 5.82 Å². The molecule has 2 aliphatic carbocycles. The molecule has 2 aromatic heterocycles. The van der Waals surface area contributed by atoms with Crippen molar-refractivity contribution >= 4 is 5.82 Å². The number of pyridine rings is 1. The molecule has 0 radical (unpaired) electrons. The second kappa shape index (κ2) is 6.81. The molecule has 2 aliphatic heterocycles. The van der Waals surface area contributed by atoms with E-state index in [1.54, 1.807) is 6.20 Å². The summed E-state index contributed by atoms with van der Waals surface area (Å²) in [5.74, 6) is 2.75. The van der Waals surface area contributed by atoms with E-state index < -0.39 is 6.61 Å². The minimum atomic E-state index is -2.96. The lowest BCUT2D eigenvalue weighted by molar-refractivity contribution is -0.0610. The van der Waals surface area contributed by atoms with Crippen molar-refractivity contribution in [1.29, 1.82) is 0 Å². The number of ether oxygens (including phenoxy) is 2. The van der Waals surface area contributed by atoms with Crippen molar-refractivity contribution in [2.75, 3.05) is 32.0 Å². The summed E-state index contributed by atoms with van der Waals surface area (Å²) < 4.78 is 35.2. The van der Waals surface area contributed by atoms with Crippen LogP contribution in [0, 0.1) is 11.8 Å². The van der Waals surface area contributed by atoms with Gasteiger partial charge in [0.15, 0.2) is 11.6 Å². The molecule has 2 N–H and O–H groups in total. The van der Waals surface area contributed by atoms with Crippen LogP contribution in [0.2, 0.25) is 0 Å². The zero-order chi connectivity index (χ0) is 20.4. The van der Waals surface area contributed by atoms with Crippen LogP contribution in [0.5, 0.6) is 5.75 Å². The van der Waals surface area contributed by atoms with Gasteiger partial charge in [-0.1, -0.05) is 0 Å². The normalized spacial score (nSPS) is 28.4. The quantitative estimate of drug-likeness (QED) is 0.776. The third-order valence-electron chi connectivity index (χ3n) is 6.80. The Labute approximate surface area is 172 Å². The fraction of sp³-hybridized carbons (Fsp3) is 0.571. The summed E-state index contributed by atoms with van der Waals surface area (Å²) in [6.45, 7) is 0.929. The Bertz CT molecular complexity index is 970. The van der Waals surface area contributed by atoms with Gasteiger partial charge in [0.2, 0.25) is 0 Å². The summed E-state index contributed by atoms with van der Waals surface area (Å²) in [4.78, 5) is 16.2. The monoisotopic (exact) mass is 415 g/mol. The molecule has 0 amide bonds. The Morgan fingerprint density at radius 1 is 1.13 bits per heavy atom. The molecule has 2 saturated carbocycles. The van der Waals surface area contributed by atoms with Crippen LogP contribution in [0.4, 0.5) is 14.6 Å². The minimum absolute atomic E-state index is 0.0625. The van der Waals surface area contributed by atoms with Gasteiger partial charge in [-0.05, 0) is 36.8 Å². The van der Waals surface area contributed by atoms with E-state index in [0.717, 1.165) is 50.7 Å². The maximum atomic E-state index is 12.7. The summed E-state index contributed by atoms with van der Waals surface area (Å²) in [6.07, 6.45) is 3.74. The van der Waals surface area contributed by atoms with E-state index in [1.807, 2.05) is 6.07 Å². The first kappa shape index (κ1) is 18.4. The molecule has 4 aliphatic rings. The highest BCUT2D eigenvalue weighted by atomic mass is 19.3. The third-order valence-corrected chi connectivity index (χ3v) is 6.80. The predicted molar refractivity (Wildman–Crippen MR) is 104 cm³/mol. The molecule has 0 aromatic carbocycles. The zero-order valence-electron chi connectivity index (χ0n) is 16.4. The van der Waals surface area contributed by atoms with Crippen LogP contribution in [0.15, 0.2) is 18.3 Å². The molecule has 7 nitrogen and oxygen atoms in total. The van der Waals surface area contributed by atoms with Gasteiger partial charge in [-0.2, -0.15) is 8.78 Å². The van der Waals surface area contributed by atoms with Gasteiger partial charge in [-0.15, -0.1) is 0 Å². The number of nitrogens with zero attached hydrogens (tertiary/aromatic N) is 4. The maximum Gasteiger partial charge on any atom is 0.387 e. The molecule has 0 bridgehead atoms. The molecule has 30 heavy (non-hydrogen) atoms. The smallest absolute Gasteiger partial charge is 0.387 e. The van der Waals surface area contributed by atoms with Crippen LogP contribution in [-0.4, -0.2) is 58.8 Å². The van der Waals surface area contributed by atoms with Gasteiger partial charge in [0.25, 0.3) is 0 Å². The zero-order valence-corrected chi connectivity index (χ0v) is 16.4. The number of fused-ring (bicyclic) bond motifs is 1. The Balaban J connectivity index is 1.29. The number of rotatable bonds is 6. The van der Waals surface area contributed by atoms with E-state index in [1.165, 1.54) is 6.07 Å². The van der Waals surface area contributed by atoms with Crippen molar-refractivity contribution in [3.05, 3.63) is 29.8 Å². The molecule has 0 spiro atoms. The SMILES string of the molecule is Nc1ncc(-c2cc([C@H]3[C@@H]4CN(C5COC5)C[C@@H]43)nc(C3CC3)n2)cc1OC(F)F. The van der Waals surface area contributed by atoms with Gasteiger partial charge in [-0.3, -0.25) is 4.90 Å². The Morgan fingerprint density at radius 3 is 2.53 bits per heavy atom. The van der Waals surface area contributed by atoms with E-state index in [0.29, 0.717) is 41.0 Å². The molecule has 4 fully saturated rings. The van der Waals surface area contributed by atoms with E-state index in [2.05, 4.69) is 14.6 Å². The number of anilines is 1. The summed E-state index contributed by atoms with van der Waals surface area (Å²) >= 11 is 0. The van der Waals surface area contributed by atoms with E-state index in [4.69, 9.17) is 20.4 Å². The lowest BCUT2D eigenvalue weighted by atomic mass is 10.1. The van der Waals surface area contributed by atoms with E-state index in [-0.39, 0.29) is 11.6 Å². The van der Waals surface area contributed by atoms with Crippen LogP contribution >= 0.6 is 0 Å². The number of aromatic nitrogens is 3. The second-order valence-corrected chi connectivity index (χ2v) is 8.80. The highest BCUT2D eigenvalue weighted by Crippen LogP contribution is 2.58. The number of piperidine rings is 1. The largest absolute Gasteiger partial charge is 0.431 e. The van der Waals surface area contributed by atoms with Crippen LogP contribution in [0.3, 0.4) is 0 Å². The van der Waals surface area contributed by atoms with Crippen molar-refractivity contribution in [2.24, 2.45) is 11.8 Å². The number of nitrogens with two attached hydrogens (primary N) is 1. The van der Waals surface area contributed by atoms with Gasteiger partial charge in [0.05, 0.1) is 24.9 Å². The Morgan fingerprint density at radius 2 is 1.90 bits per heavy atom. The van der Waals surface area contributed by atoms with Gasteiger partial charge < -0.3 is 15.2 Å². The fourth-order valence-electron chi connectivity index (χ4n) is 4.84. The average molecular weight is 415 g/mol. The first-order chi connectivity index (χ1) is 14.6. The minimum Gasteiger partial charge on any atom is -0.431 e. The lowest BCUT2D eigenvalue weighted by Gasteiger charge is -2.35. The molecule has 3 atom stereocenters. The van der Waals surface area contributed by atoms with Crippen LogP contribution in [-0.2, 0) is 4.74 Å². The maximum absolute atomic E-state index is 12.7. The lowest BCUT2D eigenvalue weighted by Crippen LogP contribution is -2.48. The Kier molecular flexibility index (Phi) is 4.18. The third kappa shape index (κ3) is 3.20. The molecule has 6 rings (SSSR count). The molecule has 0 unspecified atom stereocenters. The number of alkyl halides is 2. The van der Waals surface area contributed by atoms with Crippen LogP contribution in [0.25, 0.3) is 11.3 Å². The van der Waals surface area contributed by atoms with Crippen molar-refractivity contribution in [1.82, 2.24) is 19.9 Å². The standard InChI is InChI=1S/C21H23F2N5O2/c22-21(23)30-17-3-11(5-25-19(17)24)15-4-16(27-20(26-15)10-1-2-10)18-13-6-28(7-14(13)18)12-8-29-9-12/h3-5,10,12-14,18,21H,1-2,6-9H2,(H2,24,25)/t13-,14+,18+. The topological polar surface area (TPSA) is 86.4 Å². The van der Waals surface area contributed by atoms with Gasteiger partial charge in [-0.25, -0.2) is 15.0 Å². The molecule has 2 aromatic rings. The van der Waals surface area contributed by atoms with Crippen molar-refractivity contribution in [3.63, 3.8) is 0 Å². The number of hydrogen-bond donors (Lipinski definition) is 1. The molecule has 2 saturated heterocycles. The average Bonchev–Trinajstić information content (AvgIpc) is 3.59. The molecular weight excluding hydrogens is 392 g/mol. The summed E-state index contributed by atoms with van der Waals surface area (Å²) in [5.41, 5.74) is 8.07. The molecular formula is C21H23F2N5O2. The van der Waals surface area contributed by atoms with Crippen LogP contribution in [0.1, 0.15) is 36.2 Å². The highest BCUT2D eigenvalue weighted by Gasteiger charge is 2.58. The number of hydrogen-bond acceptors (Lipinski definition) is 7. The number of nitrogen functional groups attached to an aromatic ring is 1. The van der Waals surface area contributed by atoms with Crippen LogP contribution < -0.4 is 10.5 Å². The van der Waals surface area contributed by atoms with Gasteiger partial charge in [0, 0.05) is 42.4 Å². The number of likely N-dealkylation sites (tertiary alicyclic amines) is 1. The van der Waals surface area contributed by atoms with Gasteiger partial charge >= 0.3 is 6.61 Å². The summed E-state index contributed by atoms with van der Waals surface area (Å²) in [7, 11) is 0. The van der Waals surface area contributed by atoms with Crippen molar-refractivity contribution in [2.45, 2.75) is 37.3 Å². The van der Waals surface area contributed by atoms with E-state index in [9.17, 15) is 8.78 Å². The second-order valence-electron chi connectivity index (χ2n) is 8.80. The molecule has 158 valence electrons. The summed E-state index contributed by atoms with van der Waals surface area (Å²) in [6, 6.07) is 4.06. The predicted octanol–water partition coefficient (Wildman–Crippen LogP) is 2.64. The van der Waals surface area contributed by atoms with Crippen molar-refractivity contribution in [3.8, 4) is 17.0 Å². The first-order valence-electron chi connectivity index (χ1n) is 10.5. The fourth-order valence-corrected chi connectivity index (χ4v) is 4.84. The molecule has 4 heterocycles. The number of halogens is 2. The summed E-state index contributed by atoms with van der Waals surface area (Å²) in [5, 5.41) is 0. The van der Waals surface area contributed by atoms with E-state index >= 15 is 0 Å². The van der Waals surface area contributed by atoms with Crippen molar-refractivity contribution < 1.29 is 18.3 Å².